The van der Waals surface area contributed by atoms with Gasteiger partial charge in [0.05, 0.1) is 0 Å². The maximum Gasteiger partial charge on any atom is 0.0197 e. The van der Waals surface area contributed by atoms with Gasteiger partial charge in [0.25, 0.3) is 0 Å². The molecule has 2 heteroatoms. The van der Waals surface area contributed by atoms with E-state index in [-0.39, 0.29) is 0 Å². The summed E-state index contributed by atoms with van der Waals surface area (Å²) in [5, 5.41) is 3.66. The van der Waals surface area contributed by atoms with Crippen molar-refractivity contribution in [3.05, 3.63) is 0 Å². The molecule has 2 rings (SSSR count). The normalized spacial score (nSPS) is 35.8. The summed E-state index contributed by atoms with van der Waals surface area (Å²) < 4.78 is 0. The minimum absolute atomic E-state index is 0.775. The molecule has 0 saturated carbocycles. The maximum absolute atomic E-state index is 3.66. The number of likely N-dealkylation sites (tertiary alicyclic amines) is 1. The summed E-state index contributed by atoms with van der Waals surface area (Å²) in [5.74, 6) is 0.936. The average molecular weight is 196 g/mol. The van der Waals surface area contributed by atoms with E-state index in [0.29, 0.717) is 0 Å². The summed E-state index contributed by atoms with van der Waals surface area (Å²) in [6, 6.07) is 0.775. The highest BCUT2D eigenvalue weighted by molar-refractivity contribution is 4.80. The van der Waals surface area contributed by atoms with Crippen molar-refractivity contribution in [2.24, 2.45) is 5.92 Å². The van der Waals surface area contributed by atoms with Gasteiger partial charge in [-0.1, -0.05) is 13.3 Å². The summed E-state index contributed by atoms with van der Waals surface area (Å²) in [5.41, 5.74) is 0. The molecule has 0 spiro atoms. The van der Waals surface area contributed by atoms with E-state index in [1.165, 1.54) is 58.3 Å². The lowest BCUT2D eigenvalue weighted by atomic mass is 9.94. The third-order valence-electron chi connectivity index (χ3n) is 3.68. The molecule has 2 saturated heterocycles. The van der Waals surface area contributed by atoms with Crippen LogP contribution in [0.4, 0.5) is 0 Å². The van der Waals surface area contributed by atoms with Gasteiger partial charge in [-0.05, 0) is 51.2 Å². The van der Waals surface area contributed by atoms with Crippen LogP contribution in [-0.4, -0.2) is 37.1 Å². The van der Waals surface area contributed by atoms with E-state index < -0.39 is 0 Å². The monoisotopic (exact) mass is 196 g/mol. The number of nitrogens with one attached hydrogen (secondary N) is 1. The van der Waals surface area contributed by atoms with E-state index in [9.17, 15) is 0 Å². The van der Waals surface area contributed by atoms with Crippen LogP contribution >= 0.6 is 0 Å². The lowest BCUT2D eigenvalue weighted by Crippen LogP contribution is -2.46. The fourth-order valence-electron chi connectivity index (χ4n) is 2.81. The largest absolute Gasteiger partial charge is 0.313 e. The van der Waals surface area contributed by atoms with E-state index in [4.69, 9.17) is 0 Å². The van der Waals surface area contributed by atoms with Crippen molar-refractivity contribution in [1.29, 1.82) is 0 Å². The minimum Gasteiger partial charge on any atom is -0.313 e. The fraction of sp³-hybridized carbons (Fsp3) is 1.00. The van der Waals surface area contributed by atoms with Gasteiger partial charge in [-0.2, -0.15) is 0 Å². The van der Waals surface area contributed by atoms with Gasteiger partial charge in [-0.3, -0.25) is 0 Å². The first-order valence-electron chi connectivity index (χ1n) is 6.30. The molecule has 0 bridgehead atoms. The van der Waals surface area contributed by atoms with Gasteiger partial charge in [0.2, 0.25) is 0 Å². The molecule has 1 N–H and O–H groups in total. The summed E-state index contributed by atoms with van der Waals surface area (Å²) in [4.78, 5) is 2.65. The molecule has 0 aromatic heterocycles. The van der Waals surface area contributed by atoms with Crippen LogP contribution in [0.2, 0.25) is 0 Å². The fourth-order valence-corrected chi connectivity index (χ4v) is 2.81. The van der Waals surface area contributed by atoms with Crippen molar-refractivity contribution in [3.8, 4) is 0 Å². The van der Waals surface area contributed by atoms with Crippen molar-refractivity contribution < 1.29 is 0 Å². The second-order valence-corrected chi connectivity index (χ2v) is 5.14. The summed E-state index contributed by atoms with van der Waals surface area (Å²) in [6.45, 7) is 7.60. The van der Waals surface area contributed by atoms with Crippen molar-refractivity contribution in [2.75, 3.05) is 26.2 Å². The van der Waals surface area contributed by atoms with Gasteiger partial charge >= 0.3 is 0 Å². The quantitative estimate of drug-likeness (QED) is 0.725. The van der Waals surface area contributed by atoms with Crippen LogP contribution in [-0.2, 0) is 0 Å². The first kappa shape index (κ1) is 10.4. The molecule has 2 aliphatic rings. The number of hydrogen-bond acceptors (Lipinski definition) is 2. The van der Waals surface area contributed by atoms with Crippen LogP contribution in [0.25, 0.3) is 0 Å². The van der Waals surface area contributed by atoms with Gasteiger partial charge in [-0.25, -0.2) is 0 Å². The number of hydrogen-bond donors (Lipinski definition) is 1. The van der Waals surface area contributed by atoms with E-state index in [1.54, 1.807) is 0 Å². The lowest BCUT2D eigenvalue weighted by Gasteiger charge is -2.34. The van der Waals surface area contributed by atoms with E-state index >= 15 is 0 Å². The van der Waals surface area contributed by atoms with Gasteiger partial charge in [-0.15, -0.1) is 0 Å². The van der Waals surface area contributed by atoms with Crippen molar-refractivity contribution in [1.82, 2.24) is 10.2 Å². The predicted octanol–water partition coefficient (Wildman–Crippen LogP) is 1.86. The number of nitrogens with zero attached hydrogens (tertiary/aromatic N) is 1. The van der Waals surface area contributed by atoms with Gasteiger partial charge < -0.3 is 10.2 Å². The molecule has 2 atom stereocenters. The SMILES string of the molecule is CC1CCNC(CN2CCCCC2)C1. The Kier molecular flexibility index (Phi) is 3.82. The van der Waals surface area contributed by atoms with E-state index in [2.05, 4.69) is 17.1 Å². The zero-order valence-electron chi connectivity index (χ0n) is 9.47. The van der Waals surface area contributed by atoms with Crippen LogP contribution in [0.1, 0.15) is 39.0 Å². The van der Waals surface area contributed by atoms with Gasteiger partial charge in [0.15, 0.2) is 0 Å². The standard InChI is InChI=1S/C12H24N2/c1-11-5-6-13-12(9-11)10-14-7-3-2-4-8-14/h11-13H,2-10H2,1H3. The average Bonchev–Trinajstić information content (AvgIpc) is 2.19. The molecule has 82 valence electrons. The third-order valence-corrected chi connectivity index (χ3v) is 3.68. The first-order chi connectivity index (χ1) is 6.84. The van der Waals surface area contributed by atoms with Crippen molar-refractivity contribution in [2.45, 2.75) is 45.1 Å². The smallest absolute Gasteiger partial charge is 0.0197 e. The molecule has 0 aliphatic carbocycles. The molecular formula is C12H24N2. The molecule has 2 aliphatic heterocycles. The highest BCUT2D eigenvalue weighted by Gasteiger charge is 2.21. The highest BCUT2D eigenvalue weighted by atomic mass is 15.2. The Balaban J connectivity index is 1.72. The molecule has 0 aromatic rings. The topological polar surface area (TPSA) is 15.3 Å². The summed E-state index contributed by atoms with van der Waals surface area (Å²) >= 11 is 0. The first-order valence-corrected chi connectivity index (χ1v) is 6.30. The highest BCUT2D eigenvalue weighted by Crippen LogP contribution is 2.17. The van der Waals surface area contributed by atoms with E-state index in [0.717, 1.165) is 12.0 Å². The van der Waals surface area contributed by atoms with Crippen LogP contribution in [0, 0.1) is 5.92 Å². The van der Waals surface area contributed by atoms with Crippen molar-refractivity contribution in [3.63, 3.8) is 0 Å². The Labute approximate surface area is 88.1 Å². The van der Waals surface area contributed by atoms with Crippen LogP contribution < -0.4 is 5.32 Å². The molecule has 0 amide bonds. The lowest BCUT2D eigenvalue weighted by molar-refractivity contribution is 0.180. The Morgan fingerprint density at radius 1 is 1.21 bits per heavy atom. The molecule has 0 radical (unpaired) electrons. The Hall–Kier alpha value is -0.0800. The molecule has 2 heterocycles. The van der Waals surface area contributed by atoms with Gasteiger partial charge in [0.1, 0.15) is 0 Å². The second kappa shape index (κ2) is 5.13. The Morgan fingerprint density at radius 2 is 2.00 bits per heavy atom. The molecule has 0 aromatic carbocycles. The van der Waals surface area contributed by atoms with Crippen LogP contribution in [0.15, 0.2) is 0 Å². The minimum atomic E-state index is 0.775. The summed E-state index contributed by atoms with van der Waals surface area (Å²) in [6.07, 6.45) is 7.04. The summed E-state index contributed by atoms with van der Waals surface area (Å²) in [7, 11) is 0. The predicted molar refractivity (Wildman–Crippen MR) is 60.5 cm³/mol. The molecule has 2 fully saturated rings. The van der Waals surface area contributed by atoms with Crippen molar-refractivity contribution >= 4 is 0 Å². The molecular weight excluding hydrogens is 172 g/mol. The number of piperidine rings is 2. The maximum atomic E-state index is 3.66. The molecule has 2 unspecified atom stereocenters. The third kappa shape index (κ3) is 2.96. The molecule has 14 heavy (non-hydrogen) atoms. The molecule has 2 nitrogen and oxygen atoms in total. The zero-order chi connectivity index (χ0) is 9.80. The second-order valence-electron chi connectivity index (χ2n) is 5.14. The van der Waals surface area contributed by atoms with E-state index in [1.807, 2.05) is 0 Å². The van der Waals surface area contributed by atoms with Crippen LogP contribution in [0.5, 0.6) is 0 Å². The van der Waals surface area contributed by atoms with Gasteiger partial charge in [0, 0.05) is 12.6 Å². The zero-order valence-corrected chi connectivity index (χ0v) is 9.47. The number of rotatable bonds is 2. The Morgan fingerprint density at radius 3 is 2.71 bits per heavy atom. The van der Waals surface area contributed by atoms with Crippen LogP contribution in [0.3, 0.4) is 0 Å². The Bertz CT molecular complexity index is 164.